The van der Waals surface area contributed by atoms with Crippen LogP contribution in [0.5, 0.6) is 0 Å². The third-order valence-electron chi connectivity index (χ3n) is 4.95. The monoisotopic (exact) mass is 482 g/mol. The lowest BCUT2D eigenvalue weighted by molar-refractivity contribution is -0.138. The molecule has 0 radical (unpaired) electrons. The molecule has 0 aliphatic rings. The first-order valence-corrected chi connectivity index (χ1v) is 12.7. The maximum Gasteiger partial charge on any atom is 0.330 e. The minimum Gasteiger partial charge on any atom is -0.478 e. The minimum atomic E-state index is -0.981. The number of hydrogen-bond acceptors (Lipinski definition) is 5. The Morgan fingerprint density at radius 3 is 1.18 bits per heavy atom. The van der Waals surface area contributed by atoms with Crippen molar-refractivity contribution < 1.29 is 29.0 Å². The molecule has 6 nitrogen and oxygen atoms in total. The van der Waals surface area contributed by atoms with Crippen molar-refractivity contribution in [2.75, 3.05) is 13.7 Å². The van der Waals surface area contributed by atoms with Crippen LogP contribution in [0.4, 0.5) is 0 Å². The summed E-state index contributed by atoms with van der Waals surface area (Å²) in [4.78, 5) is 29.9. The Balaban J connectivity index is -0.000000718. The molecular formula is C28H50O6. The van der Waals surface area contributed by atoms with Gasteiger partial charge in [-0.25, -0.2) is 14.4 Å². The molecule has 0 amide bonds. The average Bonchev–Trinajstić information content (AvgIpc) is 2.85. The van der Waals surface area contributed by atoms with Crippen molar-refractivity contribution in [2.24, 2.45) is 0 Å². The highest BCUT2D eigenvalue weighted by Gasteiger charge is 1.96. The molecule has 0 aromatic carbocycles. The molecule has 0 spiro atoms. The molecule has 198 valence electrons. The van der Waals surface area contributed by atoms with Crippen molar-refractivity contribution in [1.82, 2.24) is 0 Å². The molecular weight excluding hydrogens is 432 g/mol. The van der Waals surface area contributed by atoms with Crippen LogP contribution in [0.25, 0.3) is 0 Å². The molecule has 0 aliphatic carbocycles. The third-order valence-corrected chi connectivity index (χ3v) is 4.95. The summed E-state index contributed by atoms with van der Waals surface area (Å²) in [5.74, 6) is -1.68. The van der Waals surface area contributed by atoms with Crippen LogP contribution in [0.1, 0.15) is 110 Å². The van der Waals surface area contributed by atoms with E-state index in [0.717, 1.165) is 18.6 Å². The van der Waals surface area contributed by atoms with Crippen LogP contribution in [0.3, 0.4) is 0 Å². The lowest BCUT2D eigenvalue weighted by atomic mass is 10.0. The first kappa shape index (κ1) is 36.2. The molecule has 0 aromatic rings. The first-order chi connectivity index (χ1) is 16.4. The van der Waals surface area contributed by atoms with Gasteiger partial charge in [0.1, 0.15) is 0 Å². The zero-order valence-electron chi connectivity index (χ0n) is 21.9. The van der Waals surface area contributed by atoms with Gasteiger partial charge in [0.15, 0.2) is 0 Å². The molecule has 0 rings (SSSR count). The number of carbonyl (C=O) groups is 3. The summed E-state index contributed by atoms with van der Waals surface area (Å²) < 4.78 is 9.10. The van der Waals surface area contributed by atoms with E-state index in [0.29, 0.717) is 6.61 Å². The smallest absolute Gasteiger partial charge is 0.330 e. The molecule has 0 bridgehead atoms. The molecule has 0 saturated heterocycles. The zero-order valence-corrected chi connectivity index (χ0v) is 21.9. The van der Waals surface area contributed by atoms with Gasteiger partial charge < -0.3 is 14.6 Å². The molecule has 0 saturated carbocycles. The molecule has 0 aromatic heterocycles. The van der Waals surface area contributed by atoms with Gasteiger partial charge in [-0.2, -0.15) is 0 Å². The standard InChI is InChI=1S/C21H40O2.C4H6O2.C3H4O2/c1-3-5-6-7-8-9-10-11-12-13-14-15-16-17-18-19-20-23-21(22)4-2;1-3-4(5)6-2;1-2-3(4)5/h4H,2-3,5-20H2,1H3;3H,1H2,2H3;2H,1H2,(H,4,5). The summed E-state index contributed by atoms with van der Waals surface area (Å²) in [5, 5.41) is 7.60. The van der Waals surface area contributed by atoms with Crippen molar-refractivity contribution in [2.45, 2.75) is 110 Å². The van der Waals surface area contributed by atoms with Crippen LogP contribution < -0.4 is 0 Å². The van der Waals surface area contributed by atoms with Crippen LogP contribution in [-0.2, 0) is 23.9 Å². The Labute approximate surface area is 208 Å². The second kappa shape index (κ2) is 32.8. The molecule has 1 N–H and O–H groups in total. The van der Waals surface area contributed by atoms with E-state index >= 15 is 0 Å². The normalized spacial score (nSPS) is 9.35. The number of carbonyl (C=O) groups excluding carboxylic acids is 2. The van der Waals surface area contributed by atoms with Crippen LogP contribution in [-0.4, -0.2) is 36.7 Å². The second-order valence-electron chi connectivity index (χ2n) is 7.94. The van der Waals surface area contributed by atoms with E-state index < -0.39 is 11.9 Å². The summed E-state index contributed by atoms with van der Waals surface area (Å²) in [6.07, 6.45) is 24.9. The Kier molecular flexibility index (Phi) is 34.9. The Bertz CT molecular complexity index is 513. The number of unbranched alkanes of at least 4 members (excludes halogenated alkanes) is 15. The van der Waals surface area contributed by atoms with Crippen LogP contribution in [0.2, 0.25) is 0 Å². The van der Waals surface area contributed by atoms with Gasteiger partial charge in [0.2, 0.25) is 0 Å². The van der Waals surface area contributed by atoms with Gasteiger partial charge in [-0.05, 0) is 6.42 Å². The van der Waals surface area contributed by atoms with E-state index in [1.807, 2.05) is 0 Å². The highest BCUT2D eigenvalue weighted by Crippen LogP contribution is 2.13. The van der Waals surface area contributed by atoms with Gasteiger partial charge in [0.25, 0.3) is 0 Å². The Morgan fingerprint density at radius 2 is 0.941 bits per heavy atom. The summed E-state index contributed by atoms with van der Waals surface area (Å²) in [5.41, 5.74) is 0. The SMILES string of the molecule is C=CC(=O)O.C=CC(=O)OC.C=CC(=O)OCCCCCCCCCCCCCCCCCC. The molecule has 34 heavy (non-hydrogen) atoms. The molecule has 6 heteroatoms. The largest absolute Gasteiger partial charge is 0.478 e. The fourth-order valence-electron chi connectivity index (χ4n) is 2.97. The van der Waals surface area contributed by atoms with Crippen molar-refractivity contribution in [1.29, 1.82) is 0 Å². The van der Waals surface area contributed by atoms with E-state index in [2.05, 4.69) is 31.4 Å². The zero-order chi connectivity index (χ0) is 26.3. The van der Waals surface area contributed by atoms with E-state index in [9.17, 15) is 14.4 Å². The Morgan fingerprint density at radius 1 is 0.618 bits per heavy atom. The fraction of sp³-hybridized carbons (Fsp3) is 0.679. The van der Waals surface area contributed by atoms with Crippen LogP contribution >= 0.6 is 0 Å². The lowest BCUT2D eigenvalue weighted by Gasteiger charge is -2.04. The number of hydrogen-bond donors (Lipinski definition) is 1. The molecule has 0 unspecified atom stereocenters. The van der Waals surface area contributed by atoms with E-state index in [-0.39, 0.29) is 5.97 Å². The lowest BCUT2D eigenvalue weighted by Crippen LogP contribution is -2.01. The van der Waals surface area contributed by atoms with Gasteiger partial charge in [0, 0.05) is 18.2 Å². The van der Waals surface area contributed by atoms with E-state index in [4.69, 9.17) is 9.84 Å². The fourth-order valence-corrected chi connectivity index (χ4v) is 2.97. The van der Waals surface area contributed by atoms with Gasteiger partial charge in [-0.1, -0.05) is 123 Å². The predicted octanol–water partition coefficient (Wildman–Crippen LogP) is 7.58. The number of rotatable bonds is 20. The number of carboxylic acid groups (broad SMARTS) is 1. The molecule has 0 aliphatic heterocycles. The highest BCUT2D eigenvalue weighted by atomic mass is 16.5. The van der Waals surface area contributed by atoms with E-state index in [1.54, 1.807) is 0 Å². The summed E-state index contributed by atoms with van der Waals surface area (Å²) in [6, 6.07) is 0. The number of carboxylic acids is 1. The average molecular weight is 483 g/mol. The maximum atomic E-state index is 10.8. The van der Waals surface area contributed by atoms with Crippen LogP contribution in [0.15, 0.2) is 38.0 Å². The highest BCUT2D eigenvalue weighted by molar-refractivity contribution is 5.81. The van der Waals surface area contributed by atoms with Crippen molar-refractivity contribution in [3.05, 3.63) is 38.0 Å². The van der Waals surface area contributed by atoms with E-state index in [1.165, 1.54) is 109 Å². The number of aliphatic carboxylic acids is 1. The van der Waals surface area contributed by atoms with Crippen molar-refractivity contribution in [3.8, 4) is 0 Å². The second-order valence-corrected chi connectivity index (χ2v) is 7.94. The van der Waals surface area contributed by atoms with Gasteiger partial charge in [0.05, 0.1) is 13.7 Å². The van der Waals surface area contributed by atoms with Crippen LogP contribution in [0, 0.1) is 0 Å². The van der Waals surface area contributed by atoms with Gasteiger partial charge in [-0.15, -0.1) is 0 Å². The number of methoxy groups -OCH3 is 1. The molecule has 0 atom stereocenters. The summed E-state index contributed by atoms with van der Waals surface area (Å²) >= 11 is 0. The number of ether oxygens (including phenoxy) is 2. The minimum absolute atomic E-state index is 0.300. The van der Waals surface area contributed by atoms with Gasteiger partial charge in [-0.3, -0.25) is 0 Å². The molecule has 0 heterocycles. The third kappa shape index (κ3) is 40.0. The van der Waals surface area contributed by atoms with Crippen molar-refractivity contribution in [3.63, 3.8) is 0 Å². The summed E-state index contributed by atoms with van der Waals surface area (Å²) in [7, 11) is 1.31. The maximum absolute atomic E-state index is 10.8. The predicted molar refractivity (Wildman–Crippen MR) is 141 cm³/mol. The summed E-state index contributed by atoms with van der Waals surface area (Å²) in [6.45, 7) is 12.3. The topological polar surface area (TPSA) is 89.9 Å². The first-order valence-electron chi connectivity index (χ1n) is 12.7. The quantitative estimate of drug-likeness (QED) is 0.109. The Hall–Kier alpha value is -2.37. The van der Waals surface area contributed by atoms with Gasteiger partial charge >= 0.3 is 17.9 Å². The number of esters is 2. The van der Waals surface area contributed by atoms with Crippen molar-refractivity contribution >= 4 is 17.9 Å². The molecule has 0 fully saturated rings.